The Labute approximate surface area is 140 Å². The van der Waals surface area contributed by atoms with E-state index in [4.69, 9.17) is 4.74 Å². The van der Waals surface area contributed by atoms with Crippen molar-refractivity contribution in [2.75, 3.05) is 17.7 Å². The Morgan fingerprint density at radius 2 is 1.75 bits per heavy atom. The molecule has 2 N–H and O–H groups in total. The number of aromatic nitrogens is 3. The molecule has 6 heteroatoms. The minimum atomic E-state index is 0.436. The first kappa shape index (κ1) is 15.7. The van der Waals surface area contributed by atoms with Crippen molar-refractivity contribution in [3.05, 3.63) is 59.8 Å². The fraction of sp³-hybridized carbons (Fsp3) is 0.167. The van der Waals surface area contributed by atoms with Crippen molar-refractivity contribution in [1.29, 1.82) is 0 Å². The molecule has 0 aliphatic carbocycles. The van der Waals surface area contributed by atoms with E-state index in [1.165, 1.54) is 11.1 Å². The molecule has 1 aromatic heterocycles. The molecule has 0 saturated carbocycles. The monoisotopic (exact) mass is 321 g/mol. The first-order valence-corrected chi connectivity index (χ1v) is 7.59. The zero-order valence-corrected chi connectivity index (χ0v) is 13.9. The number of ether oxygens (including phenoxy) is 1. The summed E-state index contributed by atoms with van der Waals surface area (Å²) in [5.41, 5.74) is 4.25. The van der Waals surface area contributed by atoms with E-state index in [-0.39, 0.29) is 0 Å². The number of benzene rings is 2. The van der Waals surface area contributed by atoms with Gasteiger partial charge in [-0.2, -0.15) is 10.1 Å². The third-order valence-electron chi connectivity index (χ3n) is 3.66. The lowest BCUT2D eigenvalue weighted by molar-refractivity contribution is 0.415. The number of nitrogens with one attached hydrogen (secondary N) is 2. The van der Waals surface area contributed by atoms with Crippen molar-refractivity contribution < 1.29 is 4.74 Å². The molecule has 1 heterocycles. The molecule has 0 atom stereocenters. The van der Waals surface area contributed by atoms with Crippen molar-refractivity contribution in [3.63, 3.8) is 0 Å². The fourth-order valence-corrected chi connectivity index (χ4v) is 2.21. The second-order valence-electron chi connectivity index (χ2n) is 5.45. The normalized spacial score (nSPS) is 10.3. The number of rotatable bonds is 5. The average molecular weight is 321 g/mol. The van der Waals surface area contributed by atoms with Crippen LogP contribution in [-0.2, 0) is 0 Å². The van der Waals surface area contributed by atoms with Crippen molar-refractivity contribution in [1.82, 2.24) is 15.2 Å². The van der Waals surface area contributed by atoms with E-state index in [9.17, 15) is 0 Å². The molecule has 0 radical (unpaired) electrons. The van der Waals surface area contributed by atoms with E-state index in [1.807, 2.05) is 30.3 Å². The van der Waals surface area contributed by atoms with Crippen LogP contribution >= 0.6 is 0 Å². The van der Waals surface area contributed by atoms with Gasteiger partial charge in [0.15, 0.2) is 5.82 Å². The van der Waals surface area contributed by atoms with Gasteiger partial charge >= 0.3 is 0 Å². The molecule has 0 amide bonds. The average Bonchev–Trinajstić information content (AvgIpc) is 2.59. The van der Waals surface area contributed by atoms with Crippen LogP contribution in [0.15, 0.2) is 48.7 Å². The Morgan fingerprint density at radius 3 is 2.54 bits per heavy atom. The van der Waals surface area contributed by atoms with Crippen LogP contribution in [0.25, 0.3) is 0 Å². The van der Waals surface area contributed by atoms with Crippen LogP contribution in [0.4, 0.5) is 23.1 Å². The van der Waals surface area contributed by atoms with E-state index in [2.05, 4.69) is 51.8 Å². The van der Waals surface area contributed by atoms with E-state index < -0.39 is 0 Å². The third-order valence-corrected chi connectivity index (χ3v) is 3.66. The highest BCUT2D eigenvalue weighted by atomic mass is 16.5. The summed E-state index contributed by atoms with van der Waals surface area (Å²) in [4.78, 5) is 4.43. The minimum Gasteiger partial charge on any atom is -0.497 e. The van der Waals surface area contributed by atoms with Gasteiger partial charge < -0.3 is 15.4 Å². The number of methoxy groups -OCH3 is 1. The molecular formula is C18H19N5O. The molecule has 24 heavy (non-hydrogen) atoms. The minimum absolute atomic E-state index is 0.436. The number of nitrogens with zero attached hydrogens (tertiary/aromatic N) is 3. The Kier molecular flexibility index (Phi) is 4.56. The van der Waals surface area contributed by atoms with Gasteiger partial charge in [-0.15, -0.1) is 5.10 Å². The molecule has 3 aromatic rings. The van der Waals surface area contributed by atoms with E-state index >= 15 is 0 Å². The second kappa shape index (κ2) is 6.95. The summed E-state index contributed by atoms with van der Waals surface area (Å²) in [6, 6.07) is 13.7. The van der Waals surface area contributed by atoms with Crippen molar-refractivity contribution >= 4 is 23.1 Å². The Bertz CT molecular complexity index is 850. The third kappa shape index (κ3) is 3.78. The predicted octanol–water partition coefficient (Wildman–Crippen LogP) is 3.98. The molecule has 0 saturated heterocycles. The van der Waals surface area contributed by atoms with Gasteiger partial charge in [0.05, 0.1) is 13.3 Å². The highest BCUT2D eigenvalue weighted by molar-refractivity contribution is 5.60. The summed E-state index contributed by atoms with van der Waals surface area (Å²) in [5.74, 6) is 1.81. The number of anilines is 4. The smallest absolute Gasteiger partial charge is 0.249 e. The molecule has 3 rings (SSSR count). The zero-order valence-electron chi connectivity index (χ0n) is 13.9. The molecule has 6 nitrogen and oxygen atoms in total. The van der Waals surface area contributed by atoms with Gasteiger partial charge in [0.1, 0.15) is 5.75 Å². The second-order valence-corrected chi connectivity index (χ2v) is 5.45. The first-order chi connectivity index (χ1) is 11.6. The van der Waals surface area contributed by atoms with Gasteiger partial charge in [0.25, 0.3) is 0 Å². The topological polar surface area (TPSA) is 72.0 Å². The zero-order chi connectivity index (χ0) is 16.9. The molecule has 0 bridgehead atoms. The lowest BCUT2D eigenvalue weighted by Crippen LogP contribution is -2.02. The van der Waals surface area contributed by atoms with E-state index in [1.54, 1.807) is 13.3 Å². The maximum atomic E-state index is 5.22. The van der Waals surface area contributed by atoms with E-state index in [0.29, 0.717) is 11.8 Å². The molecule has 0 aliphatic heterocycles. The summed E-state index contributed by atoms with van der Waals surface area (Å²) >= 11 is 0. The number of hydrogen-bond donors (Lipinski definition) is 2. The van der Waals surface area contributed by atoms with Crippen LogP contribution in [0.3, 0.4) is 0 Å². The van der Waals surface area contributed by atoms with E-state index in [0.717, 1.165) is 17.1 Å². The number of hydrogen-bond acceptors (Lipinski definition) is 6. The molecule has 122 valence electrons. The van der Waals surface area contributed by atoms with Crippen molar-refractivity contribution in [3.8, 4) is 5.75 Å². The summed E-state index contributed by atoms with van der Waals surface area (Å²) in [7, 11) is 1.64. The molecular weight excluding hydrogens is 302 g/mol. The molecule has 0 spiro atoms. The lowest BCUT2D eigenvalue weighted by atomic mass is 10.1. The molecule has 0 unspecified atom stereocenters. The Balaban J connectivity index is 1.77. The SMILES string of the molecule is COc1cccc(Nc2cnnc(Nc3ccc(C)c(C)c3)n2)c1. The van der Waals surface area contributed by atoms with Crippen LogP contribution in [0.5, 0.6) is 5.75 Å². The predicted molar refractivity (Wildman–Crippen MR) is 95.3 cm³/mol. The summed E-state index contributed by atoms with van der Waals surface area (Å²) in [6.07, 6.45) is 1.57. The van der Waals surface area contributed by atoms with Gasteiger partial charge in [-0.25, -0.2) is 0 Å². The summed E-state index contributed by atoms with van der Waals surface area (Å²) < 4.78 is 5.22. The maximum absolute atomic E-state index is 5.22. The van der Waals surface area contributed by atoms with Gasteiger partial charge in [-0.1, -0.05) is 12.1 Å². The van der Waals surface area contributed by atoms with Crippen LogP contribution < -0.4 is 15.4 Å². The first-order valence-electron chi connectivity index (χ1n) is 7.59. The van der Waals surface area contributed by atoms with Crippen LogP contribution in [0, 0.1) is 13.8 Å². The van der Waals surface area contributed by atoms with Crippen molar-refractivity contribution in [2.45, 2.75) is 13.8 Å². The fourth-order valence-electron chi connectivity index (χ4n) is 2.21. The van der Waals surface area contributed by atoms with Crippen LogP contribution in [0.2, 0.25) is 0 Å². The molecule has 0 aliphatic rings. The van der Waals surface area contributed by atoms with Crippen LogP contribution in [-0.4, -0.2) is 22.3 Å². The Morgan fingerprint density at radius 1 is 0.917 bits per heavy atom. The van der Waals surface area contributed by atoms with Crippen molar-refractivity contribution in [2.24, 2.45) is 0 Å². The van der Waals surface area contributed by atoms with Crippen LogP contribution in [0.1, 0.15) is 11.1 Å². The highest BCUT2D eigenvalue weighted by Crippen LogP contribution is 2.21. The lowest BCUT2D eigenvalue weighted by Gasteiger charge is -2.09. The number of aryl methyl sites for hydroxylation is 2. The quantitative estimate of drug-likeness (QED) is 0.740. The summed E-state index contributed by atoms with van der Waals surface area (Å²) in [5, 5.41) is 14.4. The highest BCUT2D eigenvalue weighted by Gasteiger charge is 2.04. The largest absolute Gasteiger partial charge is 0.497 e. The van der Waals surface area contributed by atoms with Gasteiger partial charge in [-0.05, 0) is 49.2 Å². The Hall–Kier alpha value is -3.15. The van der Waals surface area contributed by atoms with Gasteiger partial charge in [0, 0.05) is 17.4 Å². The maximum Gasteiger partial charge on any atom is 0.249 e. The van der Waals surface area contributed by atoms with Gasteiger partial charge in [0.2, 0.25) is 5.95 Å². The standard InChI is InChI=1S/C18H19N5O/c1-12-7-8-15(9-13(12)2)21-18-22-17(11-19-23-18)20-14-5-4-6-16(10-14)24-3/h4-11H,1-3H3,(H2,20,21,22,23). The molecule has 2 aromatic carbocycles. The molecule has 0 fully saturated rings. The summed E-state index contributed by atoms with van der Waals surface area (Å²) in [6.45, 7) is 4.15. The van der Waals surface area contributed by atoms with Gasteiger partial charge in [-0.3, -0.25) is 0 Å².